The van der Waals surface area contributed by atoms with Crippen LogP contribution in [0.15, 0.2) is 36.5 Å². The Balaban J connectivity index is 4.21. The SMILES string of the molecule is CC/C=C/C/C=C/C/C=C/CCCCCCCCCCCCC(=O)OC(COCCC(C(=O)[O-])[N+](C)(C)C)COC(=O)CCCCCCCCCCCCCCCCCCCC. The first kappa shape index (κ1) is 59.5. The number of hydrogen-bond donors (Lipinski definition) is 0. The zero-order valence-electron chi connectivity index (χ0n) is 41.3. The Hall–Kier alpha value is -2.45. The van der Waals surface area contributed by atoms with Crippen LogP contribution in [-0.2, 0) is 28.6 Å². The molecule has 0 rings (SSSR count). The van der Waals surface area contributed by atoms with E-state index in [1.165, 1.54) is 148 Å². The molecule has 0 aromatic carbocycles. The predicted molar refractivity (Wildman–Crippen MR) is 259 cm³/mol. The molecule has 0 saturated heterocycles. The number of carbonyl (C=O) groups is 3. The molecule has 0 amide bonds. The van der Waals surface area contributed by atoms with Gasteiger partial charge in [-0.25, -0.2) is 0 Å². The van der Waals surface area contributed by atoms with Crippen LogP contribution in [0.3, 0.4) is 0 Å². The van der Waals surface area contributed by atoms with Gasteiger partial charge in [-0.2, -0.15) is 0 Å². The number of aliphatic carboxylic acids is 1. The summed E-state index contributed by atoms with van der Waals surface area (Å²) in [5.74, 6) is -1.72. The first-order valence-electron chi connectivity index (χ1n) is 26.0. The number of likely N-dealkylation sites (N-methyl/N-ethyl adjacent to an activating group) is 1. The summed E-state index contributed by atoms with van der Waals surface area (Å²) in [6.45, 7) is 4.59. The van der Waals surface area contributed by atoms with E-state index in [0.717, 1.165) is 57.8 Å². The third-order valence-corrected chi connectivity index (χ3v) is 11.8. The summed E-state index contributed by atoms with van der Waals surface area (Å²) in [6, 6.07) is -0.725. The summed E-state index contributed by atoms with van der Waals surface area (Å²) >= 11 is 0. The molecule has 2 atom stereocenters. The molecule has 8 heteroatoms. The van der Waals surface area contributed by atoms with Gasteiger partial charge in [0.05, 0.1) is 40.3 Å². The molecule has 0 N–H and O–H groups in total. The van der Waals surface area contributed by atoms with Crippen LogP contribution in [0.1, 0.15) is 239 Å². The lowest BCUT2D eigenvalue weighted by Gasteiger charge is -2.34. The van der Waals surface area contributed by atoms with Gasteiger partial charge in [0, 0.05) is 19.3 Å². The van der Waals surface area contributed by atoms with E-state index >= 15 is 0 Å². The molecule has 0 aromatic heterocycles. The molecule has 0 aliphatic carbocycles. The molecule has 0 aliphatic rings. The van der Waals surface area contributed by atoms with Gasteiger partial charge >= 0.3 is 11.9 Å². The standard InChI is InChI=1S/C54H99NO7/c1-6-8-10-12-14-16-18-20-22-24-26-27-29-31-33-35-37-39-41-43-45-53(57)62-50(48-60-47-46-51(54(58)59)55(3,4)5)49-61-52(56)44-42-40-38-36-34-32-30-28-25-23-21-19-17-15-13-11-9-7-2/h8,10,14,16,20,22,50-51H,6-7,9,11-13,15,17-19,21,23-49H2,1-5H3/b10-8+,16-14+,22-20+. The molecule has 0 spiro atoms. The first-order chi connectivity index (χ1) is 30.1. The van der Waals surface area contributed by atoms with Gasteiger partial charge in [0.15, 0.2) is 6.10 Å². The third-order valence-electron chi connectivity index (χ3n) is 11.8. The number of unbranched alkanes of at least 4 members (excludes halogenated alkanes) is 27. The lowest BCUT2D eigenvalue weighted by atomic mass is 10.0. The number of carboxylic acids is 1. The molecule has 2 unspecified atom stereocenters. The smallest absolute Gasteiger partial charge is 0.306 e. The van der Waals surface area contributed by atoms with Crippen molar-refractivity contribution in [3.8, 4) is 0 Å². The Morgan fingerprint density at radius 3 is 1.34 bits per heavy atom. The Labute approximate surface area is 383 Å². The van der Waals surface area contributed by atoms with Crippen LogP contribution in [0, 0.1) is 0 Å². The highest BCUT2D eigenvalue weighted by Gasteiger charge is 2.25. The van der Waals surface area contributed by atoms with Gasteiger partial charge in [-0.15, -0.1) is 0 Å². The highest BCUT2D eigenvalue weighted by atomic mass is 16.6. The van der Waals surface area contributed by atoms with Crippen molar-refractivity contribution in [1.29, 1.82) is 0 Å². The number of nitrogens with zero attached hydrogens (tertiary/aromatic N) is 1. The molecule has 8 nitrogen and oxygen atoms in total. The number of esters is 2. The van der Waals surface area contributed by atoms with E-state index in [0.29, 0.717) is 12.8 Å². The zero-order chi connectivity index (χ0) is 45.6. The second-order valence-electron chi connectivity index (χ2n) is 18.7. The van der Waals surface area contributed by atoms with Gasteiger partial charge in [-0.05, 0) is 44.9 Å². The van der Waals surface area contributed by atoms with E-state index < -0.39 is 18.1 Å². The molecule has 0 saturated carbocycles. The highest BCUT2D eigenvalue weighted by molar-refractivity contribution is 5.70. The van der Waals surface area contributed by atoms with Crippen LogP contribution >= 0.6 is 0 Å². The molecular weight excluding hydrogens is 775 g/mol. The Morgan fingerprint density at radius 2 is 0.903 bits per heavy atom. The maximum absolute atomic E-state index is 12.8. The number of ether oxygens (including phenoxy) is 3. The molecule has 0 bridgehead atoms. The number of allylic oxidation sites excluding steroid dienone is 6. The fraction of sp³-hybridized carbons (Fsp3) is 0.833. The van der Waals surface area contributed by atoms with E-state index in [2.05, 4.69) is 50.3 Å². The van der Waals surface area contributed by atoms with Crippen LogP contribution < -0.4 is 5.11 Å². The average molecular weight is 874 g/mol. The monoisotopic (exact) mass is 874 g/mol. The number of carbonyl (C=O) groups excluding carboxylic acids is 3. The molecular formula is C54H99NO7. The third kappa shape index (κ3) is 42.8. The van der Waals surface area contributed by atoms with E-state index in [4.69, 9.17) is 14.2 Å². The maximum Gasteiger partial charge on any atom is 0.306 e. The molecule has 0 heterocycles. The molecule has 362 valence electrons. The molecule has 0 aliphatic heterocycles. The normalized spacial score (nSPS) is 13.1. The fourth-order valence-corrected chi connectivity index (χ4v) is 7.79. The number of quaternary nitrogens is 1. The summed E-state index contributed by atoms with van der Waals surface area (Å²) in [6.07, 6.45) is 53.1. The van der Waals surface area contributed by atoms with Crippen molar-refractivity contribution < 1.29 is 38.2 Å². The van der Waals surface area contributed by atoms with E-state index in [9.17, 15) is 19.5 Å². The Bertz CT molecular complexity index is 1110. The van der Waals surface area contributed by atoms with Gasteiger partial charge in [0.2, 0.25) is 0 Å². The van der Waals surface area contributed by atoms with Crippen LogP contribution in [0.4, 0.5) is 0 Å². The van der Waals surface area contributed by atoms with Crippen molar-refractivity contribution >= 4 is 17.9 Å². The van der Waals surface area contributed by atoms with E-state index in [1.807, 2.05) is 21.1 Å². The van der Waals surface area contributed by atoms with Gasteiger partial charge < -0.3 is 28.6 Å². The number of hydrogen-bond acceptors (Lipinski definition) is 7. The van der Waals surface area contributed by atoms with Gasteiger partial charge in [-0.1, -0.05) is 211 Å². The van der Waals surface area contributed by atoms with Crippen LogP contribution in [0.5, 0.6) is 0 Å². The second-order valence-corrected chi connectivity index (χ2v) is 18.7. The maximum atomic E-state index is 12.8. The van der Waals surface area contributed by atoms with E-state index in [-0.39, 0.29) is 42.7 Å². The summed E-state index contributed by atoms with van der Waals surface area (Å²) in [7, 11) is 5.42. The average Bonchev–Trinajstić information content (AvgIpc) is 3.23. The molecule has 0 aromatic rings. The zero-order valence-corrected chi connectivity index (χ0v) is 41.3. The van der Waals surface area contributed by atoms with Gasteiger partial charge in [-0.3, -0.25) is 9.59 Å². The summed E-state index contributed by atoms with van der Waals surface area (Å²) in [5.41, 5.74) is 0. The van der Waals surface area contributed by atoms with Crippen molar-refractivity contribution in [3.05, 3.63) is 36.5 Å². The Kier molecular flexibility index (Phi) is 43.3. The Morgan fingerprint density at radius 1 is 0.500 bits per heavy atom. The number of rotatable bonds is 47. The van der Waals surface area contributed by atoms with Gasteiger partial charge in [0.1, 0.15) is 12.6 Å². The molecule has 0 radical (unpaired) electrons. The van der Waals surface area contributed by atoms with Gasteiger partial charge in [0.25, 0.3) is 0 Å². The van der Waals surface area contributed by atoms with Crippen molar-refractivity contribution in [2.45, 2.75) is 251 Å². The summed E-state index contributed by atoms with van der Waals surface area (Å²) in [4.78, 5) is 37.0. The fourth-order valence-electron chi connectivity index (χ4n) is 7.79. The molecule has 0 fully saturated rings. The topological polar surface area (TPSA) is 102 Å². The largest absolute Gasteiger partial charge is 0.544 e. The molecule has 62 heavy (non-hydrogen) atoms. The number of carboxylic acid groups (broad SMARTS) is 1. The minimum atomic E-state index is -1.12. The predicted octanol–water partition coefficient (Wildman–Crippen LogP) is 13.6. The minimum Gasteiger partial charge on any atom is -0.544 e. The van der Waals surface area contributed by atoms with Crippen molar-refractivity contribution in [1.82, 2.24) is 0 Å². The van der Waals surface area contributed by atoms with Crippen LogP contribution in [-0.4, -0.2) is 75.5 Å². The van der Waals surface area contributed by atoms with Crippen molar-refractivity contribution in [2.75, 3.05) is 41.0 Å². The summed E-state index contributed by atoms with van der Waals surface area (Å²) in [5, 5.41) is 11.7. The van der Waals surface area contributed by atoms with E-state index in [1.54, 1.807) is 0 Å². The highest BCUT2D eigenvalue weighted by Crippen LogP contribution is 2.16. The summed E-state index contributed by atoms with van der Waals surface area (Å²) < 4.78 is 17.3. The quantitative estimate of drug-likeness (QED) is 0.0260. The first-order valence-corrected chi connectivity index (χ1v) is 26.0. The second kappa shape index (κ2) is 45.1. The lowest BCUT2D eigenvalue weighted by molar-refractivity contribution is -0.889. The van der Waals surface area contributed by atoms with Crippen LogP contribution in [0.2, 0.25) is 0 Å². The lowest BCUT2D eigenvalue weighted by Crippen LogP contribution is -2.55. The minimum absolute atomic E-state index is 0.0425. The van der Waals surface area contributed by atoms with Crippen molar-refractivity contribution in [3.63, 3.8) is 0 Å². The van der Waals surface area contributed by atoms with Crippen molar-refractivity contribution in [2.24, 2.45) is 0 Å². The van der Waals surface area contributed by atoms with Crippen LogP contribution in [0.25, 0.3) is 0 Å².